The van der Waals surface area contributed by atoms with E-state index in [2.05, 4.69) is 0 Å². The topological polar surface area (TPSA) is 59.0 Å². The quantitative estimate of drug-likeness (QED) is 0.740. The monoisotopic (exact) mass is 301 g/mol. The lowest BCUT2D eigenvalue weighted by Gasteiger charge is -2.32. The van der Waals surface area contributed by atoms with Crippen molar-refractivity contribution in [1.82, 2.24) is 4.90 Å². The van der Waals surface area contributed by atoms with Gasteiger partial charge >= 0.3 is 6.09 Å². The summed E-state index contributed by atoms with van der Waals surface area (Å²) < 4.78 is 10.2. The molecule has 124 valence electrons. The third-order valence-corrected chi connectivity index (χ3v) is 3.35. The van der Waals surface area contributed by atoms with Crippen LogP contribution in [0.2, 0.25) is 0 Å². The summed E-state index contributed by atoms with van der Waals surface area (Å²) in [7, 11) is 0. The lowest BCUT2D eigenvalue weighted by Crippen LogP contribution is -2.42. The van der Waals surface area contributed by atoms with Gasteiger partial charge in [0.1, 0.15) is 5.60 Å². The number of hydrogen-bond acceptors (Lipinski definition) is 4. The Bertz CT molecular complexity index is 274. The summed E-state index contributed by atoms with van der Waals surface area (Å²) in [5.41, 5.74) is -0.426. The molecule has 0 aromatic heterocycles. The van der Waals surface area contributed by atoms with Crippen LogP contribution in [-0.2, 0) is 9.47 Å². The zero-order valence-corrected chi connectivity index (χ0v) is 13.1. The van der Waals surface area contributed by atoms with Crippen LogP contribution in [0.25, 0.3) is 0 Å². The predicted molar refractivity (Wildman–Crippen MR) is 87.6 cm³/mol. The van der Waals surface area contributed by atoms with Crippen LogP contribution in [-0.4, -0.2) is 63.0 Å². The maximum absolute atomic E-state index is 11.6. The van der Waals surface area contributed by atoms with Gasteiger partial charge in [-0.3, -0.25) is 0 Å². The molecular weight excluding hydrogens is 269 g/mol. The molecule has 1 N–H and O–H groups in total. The Morgan fingerprint density at radius 2 is 1.76 bits per heavy atom. The largest absolute Gasteiger partial charge is 0.444 e. The van der Waals surface area contributed by atoms with E-state index in [1.54, 1.807) is 4.90 Å². The van der Waals surface area contributed by atoms with Gasteiger partial charge in [-0.15, -0.1) is 0 Å². The fourth-order valence-electron chi connectivity index (χ4n) is 2.13. The Morgan fingerprint density at radius 3 is 2.10 bits per heavy atom. The minimum Gasteiger partial charge on any atom is -0.444 e. The smallest absolute Gasteiger partial charge is 0.410 e. The zero-order chi connectivity index (χ0) is 15.0. The van der Waals surface area contributed by atoms with E-state index >= 15 is 0 Å². The summed E-state index contributed by atoms with van der Waals surface area (Å²) in [5, 5.41) is 8.97. The lowest BCUT2D eigenvalue weighted by atomic mass is 9.98. The first kappa shape index (κ1) is 20.3. The van der Waals surface area contributed by atoms with Gasteiger partial charge in [0.05, 0.1) is 8.41 Å². The second-order valence-corrected chi connectivity index (χ2v) is 6.41. The maximum atomic E-state index is 11.6. The van der Waals surface area contributed by atoms with Gasteiger partial charge in [0.25, 0.3) is 0 Å². The van der Waals surface area contributed by atoms with Crippen LogP contribution in [0.5, 0.6) is 0 Å². The van der Waals surface area contributed by atoms with E-state index in [9.17, 15) is 4.79 Å². The molecule has 5 nitrogen and oxygen atoms in total. The number of hydrogen-bond donors (Lipinski definition) is 1. The van der Waals surface area contributed by atoms with Gasteiger partial charge in [0.2, 0.25) is 0 Å². The molecule has 0 aliphatic carbocycles. The summed E-state index contributed by atoms with van der Waals surface area (Å²) in [6, 6.07) is 0. The third kappa shape index (κ3) is 8.99. The first-order chi connectivity index (χ1) is 9.42. The molecule has 0 unspecified atom stereocenters. The van der Waals surface area contributed by atoms with Crippen molar-refractivity contribution in [3.63, 3.8) is 0 Å². The number of aliphatic hydroxyl groups is 1. The van der Waals surface area contributed by atoms with Crippen molar-refractivity contribution in [2.45, 2.75) is 52.1 Å². The zero-order valence-electron chi connectivity index (χ0n) is 13.1. The van der Waals surface area contributed by atoms with Gasteiger partial charge in [-0.1, -0.05) is 0 Å². The van der Waals surface area contributed by atoms with Gasteiger partial charge < -0.3 is 19.5 Å². The molecule has 2 aliphatic rings. The van der Waals surface area contributed by atoms with E-state index in [4.69, 9.17) is 14.6 Å². The molecule has 21 heavy (non-hydrogen) atoms. The molecule has 2 aliphatic heterocycles. The molecule has 0 aromatic carbocycles. The van der Waals surface area contributed by atoms with Crippen molar-refractivity contribution in [2.24, 2.45) is 5.92 Å². The van der Waals surface area contributed by atoms with Gasteiger partial charge in [-0.05, 0) is 52.4 Å². The van der Waals surface area contributed by atoms with Crippen molar-refractivity contribution in [2.75, 3.05) is 32.9 Å². The Morgan fingerprint density at radius 1 is 1.24 bits per heavy atom. The van der Waals surface area contributed by atoms with Crippen LogP contribution < -0.4 is 0 Å². The van der Waals surface area contributed by atoms with Crippen LogP contribution in [0.1, 0.15) is 46.5 Å². The van der Waals surface area contributed by atoms with Crippen molar-refractivity contribution in [3.05, 3.63) is 0 Å². The molecular formula is C15H32BNO4. The molecule has 0 spiro atoms. The maximum Gasteiger partial charge on any atom is 0.410 e. The Balaban J connectivity index is 0.000000562. The van der Waals surface area contributed by atoms with E-state index in [1.807, 2.05) is 20.8 Å². The summed E-state index contributed by atoms with van der Waals surface area (Å²) in [5.74, 6) is 0.351. The second-order valence-electron chi connectivity index (χ2n) is 6.41. The molecule has 0 bridgehead atoms. The van der Waals surface area contributed by atoms with E-state index in [-0.39, 0.29) is 21.1 Å². The lowest BCUT2D eigenvalue weighted by molar-refractivity contribution is 0.0159. The van der Waals surface area contributed by atoms with Gasteiger partial charge in [0.15, 0.2) is 0 Å². The van der Waals surface area contributed by atoms with Crippen molar-refractivity contribution in [1.29, 1.82) is 0 Å². The summed E-state index contributed by atoms with van der Waals surface area (Å²) in [4.78, 5) is 13.4. The molecule has 2 fully saturated rings. The fraction of sp³-hybridized carbons (Fsp3) is 0.933. The Hall–Kier alpha value is -0.745. The number of amides is 1. The van der Waals surface area contributed by atoms with E-state index < -0.39 is 5.60 Å². The van der Waals surface area contributed by atoms with Crippen LogP contribution >= 0.6 is 0 Å². The average molecular weight is 301 g/mol. The minimum atomic E-state index is -0.426. The minimum absolute atomic E-state index is 0. The van der Waals surface area contributed by atoms with E-state index in [0.717, 1.165) is 26.1 Å². The van der Waals surface area contributed by atoms with Crippen LogP contribution in [0, 0.1) is 5.92 Å². The number of carbonyl (C=O) groups is 1. The highest BCUT2D eigenvalue weighted by atomic mass is 16.6. The first-order valence-electron chi connectivity index (χ1n) is 7.59. The number of aliphatic hydroxyl groups excluding tert-OH is 1. The van der Waals surface area contributed by atoms with E-state index in [0.29, 0.717) is 19.0 Å². The number of likely N-dealkylation sites (tertiary alicyclic amines) is 1. The molecule has 0 aromatic rings. The van der Waals surface area contributed by atoms with Gasteiger partial charge in [0, 0.05) is 32.9 Å². The number of nitrogens with zero attached hydrogens (tertiary/aromatic N) is 1. The van der Waals surface area contributed by atoms with E-state index in [1.165, 1.54) is 12.8 Å². The molecule has 0 saturated carbocycles. The predicted octanol–water partition coefficient (Wildman–Crippen LogP) is 1.24. The van der Waals surface area contributed by atoms with Crippen LogP contribution in [0.4, 0.5) is 4.79 Å². The highest BCUT2D eigenvalue weighted by Gasteiger charge is 2.26. The molecule has 2 saturated heterocycles. The molecule has 0 atom stereocenters. The highest BCUT2D eigenvalue weighted by Crippen LogP contribution is 2.18. The molecule has 6 heteroatoms. The van der Waals surface area contributed by atoms with Gasteiger partial charge in [-0.25, -0.2) is 4.79 Å². The van der Waals surface area contributed by atoms with Crippen molar-refractivity contribution in [3.8, 4) is 0 Å². The SMILES string of the molecule is B.C1CCOC1.CC(C)(C)OC(=O)N1CCC(CO)CC1. The number of ether oxygens (including phenoxy) is 2. The highest BCUT2D eigenvalue weighted by molar-refractivity contribution is 5.75. The first-order valence-corrected chi connectivity index (χ1v) is 7.59. The van der Waals surface area contributed by atoms with Crippen LogP contribution in [0.15, 0.2) is 0 Å². The molecule has 1 amide bonds. The summed E-state index contributed by atoms with van der Waals surface area (Å²) >= 11 is 0. The van der Waals surface area contributed by atoms with Crippen molar-refractivity contribution < 1.29 is 19.4 Å². The number of carbonyl (C=O) groups excluding carboxylic acids is 1. The number of rotatable bonds is 1. The third-order valence-electron chi connectivity index (χ3n) is 3.35. The standard InChI is InChI=1S/C11H21NO3.C4H8O.BH3/c1-11(2,3)15-10(14)12-6-4-9(8-13)5-7-12;1-2-4-5-3-1;/h9,13H,4-8H2,1-3H3;1-4H2;1H3. The average Bonchev–Trinajstić information content (AvgIpc) is 2.96. The molecule has 0 radical (unpaired) electrons. The van der Waals surface area contributed by atoms with Crippen LogP contribution in [0.3, 0.4) is 0 Å². The summed E-state index contributed by atoms with van der Waals surface area (Å²) in [6.07, 6.45) is 4.06. The van der Waals surface area contributed by atoms with Crippen molar-refractivity contribution >= 4 is 14.5 Å². The normalized spacial score (nSPS) is 19.3. The molecule has 2 heterocycles. The number of piperidine rings is 1. The second kappa shape index (κ2) is 10.1. The molecule has 2 rings (SSSR count). The Kier molecular flexibility index (Phi) is 9.70. The Labute approximate surface area is 130 Å². The van der Waals surface area contributed by atoms with Gasteiger partial charge in [-0.2, -0.15) is 0 Å². The summed E-state index contributed by atoms with van der Waals surface area (Å²) in [6.45, 7) is 9.21. The fourth-order valence-corrected chi connectivity index (χ4v) is 2.13.